The zero-order chi connectivity index (χ0) is 36.8. The second-order valence-corrected chi connectivity index (χ2v) is 11.7. The Labute approximate surface area is 301 Å². The molecule has 4 heterocycles. The first-order valence-electron chi connectivity index (χ1n) is 15.1. The molecule has 7 N–H and O–H groups in total. The fourth-order valence-electron chi connectivity index (χ4n) is 4.78. The van der Waals surface area contributed by atoms with Gasteiger partial charge in [0.15, 0.2) is 23.0 Å². The maximum atomic E-state index is 13.3. The monoisotopic (exact) mass is 748 g/mol. The highest BCUT2D eigenvalue weighted by molar-refractivity contribution is 6.31. The molecule has 0 aliphatic rings. The number of hydrogen-bond donors (Lipinski definition) is 6. The summed E-state index contributed by atoms with van der Waals surface area (Å²) in [5.74, 6) is -1.60. The zero-order valence-electron chi connectivity index (χ0n) is 26.5. The lowest BCUT2D eigenvalue weighted by Crippen LogP contribution is -2.24. The number of halogens is 5. The molecule has 7 rings (SSSR count). The first-order chi connectivity index (χ1) is 25.1. The fourth-order valence-corrected chi connectivity index (χ4v) is 5.18. The Morgan fingerprint density at radius 2 is 1.15 bits per heavy atom. The number of nitrogens with two attached hydrogens (primary N) is 1. The minimum Gasteiger partial charge on any atom is -0.380 e. The van der Waals surface area contributed by atoms with Crippen molar-refractivity contribution in [1.82, 2.24) is 51.0 Å². The van der Waals surface area contributed by atoms with Gasteiger partial charge in [-0.15, -0.1) is 0 Å². The van der Waals surface area contributed by atoms with Crippen LogP contribution < -0.4 is 21.7 Å². The molecule has 0 fully saturated rings. The van der Waals surface area contributed by atoms with Gasteiger partial charge < -0.3 is 21.7 Å². The van der Waals surface area contributed by atoms with Crippen molar-refractivity contribution in [3.63, 3.8) is 0 Å². The molecule has 2 amide bonds. The first kappa shape index (κ1) is 35.5. The van der Waals surface area contributed by atoms with Gasteiger partial charge >= 0.3 is 0 Å². The molecule has 4 aromatic heterocycles. The summed E-state index contributed by atoms with van der Waals surface area (Å²) in [6.45, 7) is 0.721. The third kappa shape index (κ3) is 8.17. The van der Waals surface area contributed by atoms with Crippen molar-refractivity contribution >= 4 is 68.7 Å². The molecule has 14 nitrogen and oxygen atoms in total. The van der Waals surface area contributed by atoms with E-state index in [0.29, 0.717) is 45.6 Å². The van der Waals surface area contributed by atoms with Crippen LogP contribution in [0.5, 0.6) is 0 Å². The Morgan fingerprint density at radius 3 is 1.71 bits per heavy atom. The number of aromatic amines is 2. The highest BCUT2D eigenvalue weighted by Crippen LogP contribution is 2.22. The van der Waals surface area contributed by atoms with Crippen LogP contribution >= 0.6 is 23.2 Å². The molecule has 0 bridgehead atoms. The quantitative estimate of drug-likeness (QED) is 0.110. The highest BCUT2D eigenvalue weighted by Gasteiger charge is 2.18. The van der Waals surface area contributed by atoms with Crippen molar-refractivity contribution < 1.29 is 22.8 Å². The van der Waals surface area contributed by atoms with E-state index in [1.807, 2.05) is 0 Å². The molecule has 52 heavy (non-hydrogen) atoms. The predicted octanol–water partition coefficient (Wildman–Crippen LogP) is 5.48. The van der Waals surface area contributed by atoms with E-state index in [1.165, 1.54) is 61.2 Å². The molecular formula is C33H25Cl2F3N12O2. The number of nitrogens with one attached hydrogen (secondary N) is 5. The number of anilines is 2. The number of hydrogen-bond acceptors (Lipinski definition) is 10. The molecule has 7 aromatic rings. The molecule has 0 saturated heterocycles. The van der Waals surface area contributed by atoms with Crippen molar-refractivity contribution in [2.45, 2.75) is 19.6 Å². The van der Waals surface area contributed by atoms with Crippen LogP contribution in [0.15, 0.2) is 73.3 Å². The normalized spacial score (nSPS) is 10.9. The third-order valence-electron chi connectivity index (χ3n) is 7.41. The fraction of sp³-hybridized carbons (Fsp3) is 0.0909. The Hall–Kier alpha value is -6.33. The molecule has 0 aliphatic heterocycles. The minimum atomic E-state index is -0.526. The van der Waals surface area contributed by atoms with E-state index in [9.17, 15) is 22.8 Å². The Morgan fingerprint density at radius 1 is 0.654 bits per heavy atom. The topological polar surface area (TPSA) is 205 Å². The summed E-state index contributed by atoms with van der Waals surface area (Å²) in [4.78, 5) is 40.9. The van der Waals surface area contributed by atoms with E-state index in [0.717, 1.165) is 5.56 Å². The average molecular weight is 750 g/mol. The molecule has 0 atom stereocenters. The van der Waals surface area contributed by atoms with E-state index in [1.54, 1.807) is 12.1 Å². The van der Waals surface area contributed by atoms with E-state index in [-0.39, 0.29) is 46.2 Å². The Kier molecular flexibility index (Phi) is 10.7. The van der Waals surface area contributed by atoms with Crippen molar-refractivity contribution in [2.24, 2.45) is 0 Å². The Bertz CT molecular complexity index is 2410. The lowest BCUT2D eigenvalue weighted by atomic mass is 10.2. The number of amides is 2. The van der Waals surface area contributed by atoms with E-state index in [2.05, 4.69) is 56.3 Å². The molecule has 0 saturated carbocycles. The van der Waals surface area contributed by atoms with Gasteiger partial charge in [0.2, 0.25) is 0 Å². The van der Waals surface area contributed by atoms with Gasteiger partial charge in [-0.2, -0.15) is 10.2 Å². The van der Waals surface area contributed by atoms with Gasteiger partial charge in [-0.1, -0.05) is 47.5 Å². The smallest absolute Gasteiger partial charge is 0.272 e. The number of aromatic nitrogens is 8. The van der Waals surface area contributed by atoms with Crippen LogP contribution in [-0.4, -0.2) is 52.1 Å². The molecular weight excluding hydrogens is 724 g/mol. The first-order valence-corrected chi connectivity index (χ1v) is 15.9. The average Bonchev–Trinajstić information content (AvgIpc) is 3.75. The van der Waals surface area contributed by atoms with Crippen LogP contribution in [0.4, 0.5) is 24.8 Å². The summed E-state index contributed by atoms with van der Waals surface area (Å²) < 4.78 is 39.4. The number of nitrogen functional groups attached to an aromatic ring is 1. The van der Waals surface area contributed by atoms with Crippen LogP contribution in [0.1, 0.15) is 37.7 Å². The number of fused-ring (bicyclic) bond motifs is 2. The SMILES string of the molecule is Nc1n[nH]c2c(C(=O)NCc3ccc(F)c(Cl)c3)ncnc12.O=C(NCc1ccc(F)c(Cl)c1)c1ncnc2c(NCc3ccc(F)cc3)n[nH]c12. The van der Waals surface area contributed by atoms with E-state index in [4.69, 9.17) is 28.9 Å². The van der Waals surface area contributed by atoms with E-state index >= 15 is 0 Å². The van der Waals surface area contributed by atoms with Gasteiger partial charge in [-0.05, 0) is 53.1 Å². The van der Waals surface area contributed by atoms with Crippen molar-refractivity contribution in [1.29, 1.82) is 0 Å². The number of benzene rings is 3. The number of carbonyl (C=O) groups is 2. The van der Waals surface area contributed by atoms with Crippen molar-refractivity contribution in [3.05, 3.63) is 129 Å². The standard InChI is InChI=1S/C20H15ClF2N6O.C13H10ClFN6O/c21-14-7-12(3-6-15(14)23)9-25-20(30)18-16-17(26-10-27-18)19(29-28-16)24-8-11-1-4-13(22)5-2-11;14-7-3-6(1-2-8(7)15)4-17-13(22)11-9-10(18-5-19-11)12(16)21-20-9/h1-7,10H,8-9H2,(H,25,30)(H2,24,28,29);1-3,5H,4H2,(H,17,22)(H3,16,20,21). The molecule has 0 unspecified atom stereocenters. The second-order valence-electron chi connectivity index (χ2n) is 10.9. The van der Waals surface area contributed by atoms with Gasteiger partial charge in [0.25, 0.3) is 11.8 Å². The molecule has 264 valence electrons. The van der Waals surface area contributed by atoms with Crippen molar-refractivity contribution in [3.8, 4) is 0 Å². The predicted molar refractivity (Wildman–Crippen MR) is 187 cm³/mol. The summed E-state index contributed by atoms with van der Waals surface area (Å²) in [5, 5.41) is 21.8. The summed E-state index contributed by atoms with van der Waals surface area (Å²) >= 11 is 11.5. The number of nitrogens with zero attached hydrogens (tertiary/aromatic N) is 6. The van der Waals surface area contributed by atoms with Crippen LogP contribution in [-0.2, 0) is 19.6 Å². The van der Waals surface area contributed by atoms with Gasteiger partial charge in [-0.25, -0.2) is 33.1 Å². The lowest BCUT2D eigenvalue weighted by Gasteiger charge is -2.06. The Balaban J connectivity index is 0.000000187. The molecule has 3 aromatic carbocycles. The highest BCUT2D eigenvalue weighted by atomic mass is 35.5. The second kappa shape index (κ2) is 15.7. The van der Waals surface area contributed by atoms with Gasteiger partial charge in [0.1, 0.15) is 52.2 Å². The molecule has 0 aliphatic carbocycles. The maximum Gasteiger partial charge on any atom is 0.272 e. The maximum absolute atomic E-state index is 13.3. The molecule has 0 spiro atoms. The van der Waals surface area contributed by atoms with Crippen LogP contribution in [0.25, 0.3) is 22.1 Å². The van der Waals surface area contributed by atoms with Gasteiger partial charge in [-0.3, -0.25) is 19.8 Å². The summed E-state index contributed by atoms with van der Waals surface area (Å²) in [7, 11) is 0. The number of H-pyrrole nitrogens is 2. The van der Waals surface area contributed by atoms with Crippen molar-refractivity contribution in [2.75, 3.05) is 11.1 Å². The minimum absolute atomic E-state index is 0.00230. The molecule has 19 heteroatoms. The van der Waals surface area contributed by atoms with Crippen LogP contribution in [0.3, 0.4) is 0 Å². The van der Waals surface area contributed by atoms with E-state index < -0.39 is 23.4 Å². The van der Waals surface area contributed by atoms with Crippen LogP contribution in [0.2, 0.25) is 10.0 Å². The zero-order valence-corrected chi connectivity index (χ0v) is 28.0. The number of rotatable bonds is 9. The third-order valence-corrected chi connectivity index (χ3v) is 7.99. The summed E-state index contributed by atoms with van der Waals surface area (Å²) in [6.07, 6.45) is 2.50. The summed E-state index contributed by atoms with van der Waals surface area (Å²) in [5.41, 5.74) is 9.59. The largest absolute Gasteiger partial charge is 0.380 e. The number of carbonyl (C=O) groups excluding carboxylic acids is 2. The summed E-state index contributed by atoms with van der Waals surface area (Å²) in [6, 6.07) is 14.5. The van der Waals surface area contributed by atoms with Gasteiger partial charge in [0.05, 0.1) is 10.0 Å². The van der Waals surface area contributed by atoms with Crippen LogP contribution in [0, 0.1) is 17.5 Å². The molecule has 0 radical (unpaired) electrons. The lowest BCUT2D eigenvalue weighted by molar-refractivity contribution is 0.0939. The van der Waals surface area contributed by atoms with Gasteiger partial charge in [0, 0.05) is 19.6 Å².